The molecule has 0 fully saturated rings. The summed E-state index contributed by atoms with van der Waals surface area (Å²) in [5.41, 5.74) is 2.17. The van der Waals surface area contributed by atoms with Crippen LogP contribution < -0.4 is 10.5 Å². The third kappa shape index (κ3) is 4.87. The van der Waals surface area contributed by atoms with Gasteiger partial charge in [-0.2, -0.15) is 4.31 Å². The summed E-state index contributed by atoms with van der Waals surface area (Å²) in [6.45, 7) is 4.45. The van der Waals surface area contributed by atoms with E-state index in [-0.39, 0.29) is 9.79 Å². The highest BCUT2D eigenvalue weighted by Gasteiger charge is 2.21. The average molecular weight is 467 g/mol. The van der Waals surface area contributed by atoms with E-state index in [1.54, 1.807) is 36.4 Å². The second-order valence-corrected chi connectivity index (χ2v) is 10.7. The van der Waals surface area contributed by atoms with E-state index in [0.29, 0.717) is 29.6 Å². The summed E-state index contributed by atoms with van der Waals surface area (Å²) in [5, 5.41) is 10.7. The van der Waals surface area contributed by atoms with Gasteiger partial charge in [0.05, 0.1) is 15.5 Å². The van der Waals surface area contributed by atoms with Crippen molar-refractivity contribution in [1.29, 1.82) is 0 Å². The molecule has 3 rings (SSSR count). The lowest BCUT2D eigenvalue weighted by atomic mass is 10.2. The van der Waals surface area contributed by atoms with E-state index in [1.807, 2.05) is 19.2 Å². The van der Waals surface area contributed by atoms with E-state index in [2.05, 4.69) is 10.3 Å². The van der Waals surface area contributed by atoms with Gasteiger partial charge < -0.3 is 5.32 Å². The van der Waals surface area contributed by atoms with Crippen LogP contribution in [-0.4, -0.2) is 39.2 Å². The van der Waals surface area contributed by atoms with Crippen LogP contribution in [0.1, 0.15) is 13.8 Å². The largest absolute Gasteiger partial charge is 0.332 e. The number of hydrogen-bond donors (Lipinski definition) is 2. The molecule has 0 saturated carbocycles. The zero-order valence-electron chi connectivity index (χ0n) is 16.4. The number of primary sulfonamides is 1. The highest BCUT2D eigenvalue weighted by Crippen LogP contribution is 2.28. The third-order valence-corrected chi connectivity index (χ3v) is 8.18. The van der Waals surface area contributed by atoms with Crippen molar-refractivity contribution in [3.8, 4) is 11.3 Å². The number of nitrogens with zero attached hydrogens (tertiary/aromatic N) is 2. The lowest BCUT2D eigenvalue weighted by molar-refractivity contribution is 0.445. The van der Waals surface area contributed by atoms with Crippen molar-refractivity contribution in [2.45, 2.75) is 23.6 Å². The number of nitrogens with two attached hydrogens (primary N) is 1. The minimum absolute atomic E-state index is 0.0348. The topological polar surface area (TPSA) is 122 Å². The fraction of sp³-hybridized carbons (Fsp3) is 0.211. The summed E-state index contributed by atoms with van der Waals surface area (Å²) in [4.78, 5) is 4.79. The molecule has 11 heteroatoms. The van der Waals surface area contributed by atoms with Gasteiger partial charge in [-0.15, -0.1) is 11.3 Å². The number of aromatic nitrogens is 1. The molecule has 0 spiro atoms. The van der Waals surface area contributed by atoms with Crippen LogP contribution in [0.25, 0.3) is 11.3 Å². The smallest absolute Gasteiger partial charge is 0.243 e. The molecule has 0 saturated heterocycles. The molecule has 0 unspecified atom stereocenters. The van der Waals surface area contributed by atoms with Crippen molar-refractivity contribution >= 4 is 42.2 Å². The second-order valence-electron chi connectivity index (χ2n) is 6.35. The first-order valence-corrected chi connectivity index (χ1v) is 13.0. The minimum Gasteiger partial charge on any atom is -0.332 e. The summed E-state index contributed by atoms with van der Waals surface area (Å²) in [6.07, 6.45) is 0. The minimum atomic E-state index is -3.73. The lowest BCUT2D eigenvalue weighted by Gasteiger charge is -2.18. The van der Waals surface area contributed by atoms with E-state index in [9.17, 15) is 16.8 Å². The van der Waals surface area contributed by atoms with Crippen LogP contribution in [0, 0.1) is 0 Å². The Bertz CT molecular complexity index is 1220. The van der Waals surface area contributed by atoms with Crippen molar-refractivity contribution in [2.75, 3.05) is 18.4 Å². The van der Waals surface area contributed by atoms with Crippen LogP contribution in [0.15, 0.2) is 63.7 Å². The molecule has 0 radical (unpaired) electrons. The number of benzene rings is 2. The molecule has 0 atom stereocenters. The number of sulfonamides is 2. The molecule has 1 aromatic heterocycles. The first-order valence-electron chi connectivity index (χ1n) is 9.11. The summed E-state index contributed by atoms with van der Waals surface area (Å²) in [7, 11) is -7.23. The summed E-state index contributed by atoms with van der Waals surface area (Å²) in [5.74, 6) is 0. The Morgan fingerprint density at radius 2 is 1.50 bits per heavy atom. The van der Waals surface area contributed by atoms with Gasteiger partial charge in [-0.1, -0.05) is 26.0 Å². The van der Waals surface area contributed by atoms with Gasteiger partial charge >= 0.3 is 0 Å². The van der Waals surface area contributed by atoms with Gasteiger partial charge in [0.2, 0.25) is 20.0 Å². The number of nitrogens with one attached hydrogen (secondary N) is 1. The van der Waals surface area contributed by atoms with Crippen molar-refractivity contribution in [1.82, 2.24) is 9.29 Å². The normalized spacial score (nSPS) is 12.3. The average Bonchev–Trinajstić information content (AvgIpc) is 3.17. The monoisotopic (exact) mass is 466 g/mol. The zero-order valence-corrected chi connectivity index (χ0v) is 18.9. The molecular formula is C19H22N4O4S3. The van der Waals surface area contributed by atoms with Gasteiger partial charge in [0.1, 0.15) is 0 Å². The second kappa shape index (κ2) is 8.82. The molecule has 3 N–H and O–H groups in total. The van der Waals surface area contributed by atoms with Crippen LogP contribution in [0.3, 0.4) is 0 Å². The highest BCUT2D eigenvalue weighted by atomic mass is 32.2. The number of rotatable bonds is 8. The van der Waals surface area contributed by atoms with Crippen molar-refractivity contribution in [2.24, 2.45) is 5.14 Å². The molecule has 160 valence electrons. The van der Waals surface area contributed by atoms with Crippen LogP contribution in [0.4, 0.5) is 10.8 Å². The predicted octanol–water partition coefficient (Wildman–Crippen LogP) is 3.23. The molecule has 0 amide bonds. The Labute approximate surface area is 180 Å². The molecule has 3 aromatic rings. The maximum atomic E-state index is 12.6. The molecule has 2 aromatic carbocycles. The van der Waals surface area contributed by atoms with Crippen molar-refractivity contribution < 1.29 is 16.8 Å². The van der Waals surface area contributed by atoms with E-state index in [4.69, 9.17) is 5.14 Å². The highest BCUT2D eigenvalue weighted by molar-refractivity contribution is 7.89. The van der Waals surface area contributed by atoms with Gasteiger partial charge in [0.15, 0.2) is 5.13 Å². The number of anilines is 2. The standard InChI is InChI=1S/C19H22N4O4S3/c1-3-23(4-2)30(26,27)17-9-5-14(6-10-17)18-13-28-19(22-18)21-15-7-11-16(12-8-15)29(20,24)25/h5-13H,3-4H2,1-2H3,(H,21,22)(H2,20,24,25). The maximum Gasteiger partial charge on any atom is 0.243 e. The quantitative estimate of drug-likeness (QED) is 0.525. The third-order valence-electron chi connectivity index (χ3n) is 4.43. The van der Waals surface area contributed by atoms with E-state index in [1.165, 1.54) is 27.8 Å². The zero-order chi connectivity index (χ0) is 21.9. The first kappa shape index (κ1) is 22.4. The van der Waals surface area contributed by atoms with Crippen LogP contribution in [0.5, 0.6) is 0 Å². The van der Waals surface area contributed by atoms with Gasteiger partial charge in [0.25, 0.3) is 0 Å². The lowest BCUT2D eigenvalue weighted by Crippen LogP contribution is -2.30. The molecular weight excluding hydrogens is 444 g/mol. The van der Waals surface area contributed by atoms with Crippen LogP contribution in [0.2, 0.25) is 0 Å². The van der Waals surface area contributed by atoms with Crippen LogP contribution >= 0.6 is 11.3 Å². The van der Waals surface area contributed by atoms with Gasteiger partial charge in [-0.25, -0.2) is 27.0 Å². The van der Waals surface area contributed by atoms with E-state index < -0.39 is 20.0 Å². The fourth-order valence-corrected chi connectivity index (χ4v) is 5.54. The Kier molecular flexibility index (Phi) is 6.58. The summed E-state index contributed by atoms with van der Waals surface area (Å²) < 4.78 is 49.2. The molecule has 30 heavy (non-hydrogen) atoms. The SMILES string of the molecule is CCN(CC)S(=O)(=O)c1ccc(-c2csc(Nc3ccc(S(N)(=O)=O)cc3)n2)cc1. The van der Waals surface area contributed by atoms with Gasteiger partial charge in [0, 0.05) is 29.7 Å². The number of thiazole rings is 1. The first-order chi connectivity index (χ1) is 14.1. The molecule has 0 aliphatic rings. The van der Waals surface area contributed by atoms with E-state index in [0.717, 1.165) is 5.56 Å². The van der Waals surface area contributed by atoms with Gasteiger partial charge in [-0.05, 0) is 36.4 Å². The fourth-order valence-electron chi connectivity index (χ4n) is 2.83. The number of hydrogen-bond acceptors (Lipinski definition) is 7. The summed E-state index contributed by atoms with van der Waals surface area (Å²) >= 11 is 1.38. The Balaban J connectivity index is 1.76. The Hall–Kier alpha value is -2.31. The maximum absolute atomic E-state index is 12.6. The molecule has 8 nitrogen and oxygen atoms in total. The predicted molar refractivity (Wildman–Crippen MR) is 119 cm³/mol. The van der Waals surface area contributed by atoms with E-state index >= 15 is 0 Å². The van der Waals surface area contributed by atoms with Crippen LogP contribution in [-0.2, 0) is 20.0 Å². The Morgan fingerprint density at radius 3 is 2.03 bits per heavy atom. The molecule has 0 aliphatic carbocycles. The molecule has 0 aliphatic heterocycles. The van der Waals surface area contributed by atoms with Gasteiger partial charge in [-0.3, -0.25) is 0 Å². The summed E-state index contributed by atoms with van der Waals surface area (Å²) in [6, 6.07) is 12.7. The molecule has 0 bridgehead atoms. The Morgan fingerprint density at radius 1 is 0.933 bits per heavy atom. The molecule has 1 heterocycles. The van der Waals surface area contributed by atoms with Crippen molar-refractivity contribution in [3.05, 3.63) is 53.9 Å². The van der Waals surface area contributed by atoms with Crippen molar-refractivity contribution in [3.63, 3.8) is 0 Å².